The highest BCUT2D eigenvalue weighted by atomic mass is 16.5. The fraction of sp³-hybridized carbons (Fsp3) is 0.579. The molecule has 0 heterocycles. The van der Waals surface area contributed by atoms with Gasteiger partial charge in [0, 0.05) is 6.42 Å². The molecule has 6 nitrogen and oxygen atoms in total. The van der Waals surface area contributed by atoms with Crippen molar-refractivity contribution in [2.75, 3.05) is 40.2 Å². The van der Waals surface area contributed by atoms with E-state index in [1.165, 1.54) is 14.2 Å². The Balaban J connectivity index is 3.27. The minimum Gasteiger partial charge on any atom is -0.497 e. The number of esters is 1. The Morgan fingerprint density at radius 2 is 1.84 bits per heavy atom. The summed E-state index contributed by atoms with van der Waals surface area (Å²) in [5, 5.41) is 2.96. The van der Waals surface area contributed by atoms with E-state index >= 15 is 0 Å². The van der Waals surface area contributed by atoms with Crippen LogP contribution >= 0.6 is 0 Å². The standard InChI is InChI=1S/C19H30N2O4/c1-8-10-16(21(4,5)9-2)18(22)20-17-13(3)11-14(24-6)12-15(17)19(23)25-7/h11-12,16H,8-10H2,1-7H3/p+1. The van der Waals surface area contributed by atoms with E-state index in [2.05, 4.69) is 19.2 Å². The number of hydrogen-bond acceptors (Lipinski definition) is 4. The molecular formula is C19H31N2O4+. The van der Waals surface area contributed by atoms with Gasteiger partial charge in [-0.3, -0.25) is 4.79 Å². The molecule has 1 N–H and O–H groups in total. The van der Waals surface area contributed by atoms with Gasteiger partial charge in [-0.05, 0) is 38.0 Å². The summed E-state index contributed by atoms with van der Waals surface area (Å²) in [4.78, 5) is 25.1. The minimum absolute atomic E-state index is 0.0906. The van der Waals surface area contributed by atoms with Crippen LogP contribution in [0.2, 0.25) is 0 Å². The van der Waals surface area contributed by atoms with Crippen LogP contribution in [0.1, 0.15) is 42.6 Å². The van der Waals surface area contributed by atoms with Gasteiger partial charge in [-0.2, -0.15) is 0 Å². The highest BCUT2D eigenvalue weighted by molar-refractivity contribution is 6.03. The van der Waals surface area contributed by atoms with Crippen LogP contribution < -0.4 is 10.1 Å². The SMILES string of the molecule is CCCC(C(=O)Nc1c(C)cc(OC)cc1C(=O)OC)[N+](C)(C)CC. The smallest absolute Gasteiger partial charge is 0.340 e. The maximum absolute atomic E-state index is 13.0. The van der Waals surface area contributed by atoms with Crippen molar-refractivity contribution in [3.05, 3.63) is 23.3 Å². The minimum atomic E-state index is -0.506. The average Bonchev–Trinajstić information content (AvgIpc) is 2.59. The average molecular weight is 351 g/mol. The third-order valence-electron chi connectivity index (χ3n) is 4.72. The fourth-order valence-electron chi connectivity index (χ4n) is 2.81. The molecule has 0 bridgehead atoms. The van der Waals surface area contributed by atoms with Crippen LogP contribution in [0.3, 0.4) is 0 Å². The monoisotopic (exact) mass is 351 g/mol. The highest BCUT2D eigenvalue weighted by Gasteiger charge is 2.33. The molecular weight excluding hydrogens is 320 g/mol. The molecule has 0 aliphatic rings. The quantitative estimate of drug-likeness (QED) is 0.578. The molecule has 1 unspecified atom stereocenters. The van der Waals surface area contributed by atoms with Crippen LogP contribution in [0.15, 0.2) is 12.1 Å². The van der Waals surface area contributed by atoms with Crippen LogP contribution in [0.5, 0.6) is 5.75 Å². The van der Waals surface area contributed by atoms with Gasteiger partial charge in [0.2, 0.25) is 0 Å². The third kappa shape index (κ3) is 4.95. The van der Waals surface area contributed by atoms with Crippen molar-refractivity contribution in [3.8, 4) is 5.75 Å². The first-order valence-electron chi connectivity index (χ1n) is 8.62. The van der Waals surface area contributed by atoms with Crippen LogP contribution in [-0.2, 0) is 9.53 Å². The van der Waals surface area contributed by atoms with Crippen molar-refractivity contribution in [2.24, 2.45) is 0 Å². The molecule has 0 saturated heterocycles. The van der Waals surface area contributed by atoms with Gasteiger partial charge < -0.3 is 19.3 Å². The number of rotatable bonds is 8. The summed E-state index contributed by atoms with van der Waals surface area (Å²) in [6, 6.07) is 3.18. The van der Waals surface area contributed by atoms with Crippen molar-refractivity contribution in [1.82, 2.24) is 0 Å². The number of methoxy groups -OCH3 is 2. The number of benzene rings is 1. The van der Waals surface area contributed by atoms with Gasteiger partial charge in [0.25, 0.3) is 5.91 Å². The second kappa shape index (κ2) is 8.85. The lowest BCUT2D eigenvalue weighted by Crippen LogP contribution is -2.54. The lowest BCUT2D eigenvalue weighted by Gasteiger charge is -2.36. The Bertz CT molecular complexity index is 626. The number of aryl methyl sites for hydroxylation is 1. The molecule has 6 heteroatoms. The molecule has 0 aliphatic carbocycles. The zero-order valence-electron chi connectivity index (χ0n) is 16.4. The van der Waals surface area contributed by atoms with E-state index in [4.69, 9.17) is 9.47 Å². The second-order valence-electron chi connectivity index (χ2n) is 6.75. The predicted octanol–water partition coefficient (Wildman–Crippen LogP) is 2.99. The maximum Gasteiger partial charge on any atom is 0.340 e. The van der Waals surface area contributed by atoms with Gasteiger partial charge in [0.15, 0.2) is 6.04 Å². The summed E-state index contributed by atoms with van der Waals surface area (Å²) in [6.07, 6.45) is 1.68. The first-order chi connectivity index (χ1) is 11.7. The molecule has 0 fully saturated rings. The predicted molar refractivity (Wildman–Crippen MR) is 99.0 cm³/mol. The molecule has 140 valence electrons. The van der Waals surface area contributed by atoms with E-state index in [0.29, 0.717) is 21.5 Å². The first kappa shape index (κ1) is 21.0. The van der Waals surface area contributed by atoms with E-state index in [-0.39, 0.29) is 11.9 Å². The molecule has 0 radical (unpaired) electrons. The molecule has 0 aliphatic heterocycles. The summed E-state index contributed by atoms with van der Waals surface area (Å²) in [7, 11) is 6.94. The highest BCUT2D eigenvalue weighted by Crippen LogP contribution is 2.28. The van der Waals surface area contributed by atoms with E-state index in [9.17, 15) is 9.59 Å². The van der Waals surface area contributed by atoms with Gasteiger partial charge in [0.05, 0.1) is 46.1 Å². The number of hydrogen-bond donors (Lipinski definition) is 1. The van der Waals surface area contributed by atoms with E-state index in [0.717, 1.165) is 24.9 Å². The van der Waals surface area contributed by atoms with E-state index in [1.807, 2.05) is 21.0 Å². The van der Waals surface area contributed by atoms with Crippen LogP contribution in [0, 0.1) is 6.92 Å². The van der Waals surface area contributed by atoms with Crippen molar-refractivity contribution in [2.45, 2.75) is 39.7 Å². The van der Waals surface area contributed by atoms with Crippen LogP contribution in [-0.4, -0.2) is 57.3 Å². The van der Waals surface area contributed by atoms with Crippen molar-refractivity contribution >= 4 is 17.6 Å². The number of carbonyl (C=O) groups excluding carboxylic acids is 2. The Labute approximate surface area is 150 Å². The Morgan fingerprint density at radius 1 is 1.20 bits per heavy atom. The van der Waals surface area contributed by atoms with Gasteiger partial charge in [-0.1, -0.05) is 6.92 Å². The lowest BCUT2D eigenvalue weighted by molar-refractivity contribution is -0.904. The molecule has 0 spiro atoms. The summed E-state index contributed by atoms with van der Waals surface area (Å²) < 4.78 is 10.7. The summed E-state index contributed by atoms with van der Waals surface area (Å²) in [5.74, 6) is -0.0496. The van der Waals surface area contributed by atoms with Crippen LogP contribution in [0.4, 0.5) is 5.69 Å². The summed E-state index contributed by atoms with van der Waals surface area (Å²) in [5.41, 5.74) is 1.53. The van der Waals surface area contributed by atoms with Gasteiger partial charge in [0.1, 0.15) is 5.75 Å². The van der Waals surface area contributed by atoms with Crippen molar-refractivity contribution in [1.29, 1.82) is 0 Å². The molecule has 0 aromatic heterocycles. The van der Waals surface area contributed by atoms with Crippen molar-refractivity contribution < 1.29 is 23.5 Å². The number of quaternary nitrogens is 1. The number of nitrogens with zero attached hydrogens (tertiary/aromatic N) is 1. The van der Waals surface area contributed by atoms with Crippen LogP contribution in [0.25, 0.3) is 0 Å². The van der Waals surface area contributed by atoms with Gasteiger partial charge in [-0.25, -0.2) is 4.79 Å². The number of ether oxygens (including phenoxy) is 2. The largest absolute Gasteiger partial charge is 0.497 e. The molecule has 1 atom stereocenters. The number of amides is 1. The lowest BCUT2D eigenvalue weighted by atomic mass is 10.0. The third-order valence-corrected chi connectivity index (χ3v) is 4.72. The molecule has 1 aromatic carbocycles. The number of nitrogens with one attached hydrogen (secondary N) is 1. The zero-order chi connectivity index (χ0) is 19.2. The Hall–Kier alpha value is -2.08. The molecule has 1 rings (SSSR count). The Kier molecular flexibility index (Phi) is 7.42. The van der Waals surface area contributed by atoms with E-state index in [1.54, 1.807) is 12.1 Å². The number of anilines is 1. The maximum atomic E-state index is 13.0. The summed E-state index contributed by atoms with van der Waals surface area (Å²) >= 11 is 0. The van der Waals surface area contributed by atoms with E-state index < -0.39 is 5.97 Å². The molecule has 1 amide bonds. The normalized spacial score (nSPS) is 12.4. The van der Waals surface area contributed by atoms with Crippen molar-refractivity contribution in [3.63, 3.8) is 0 Å². The first-order valence-corrected chi connectivity index (χ1v) is 8.62. The molecule has 25 heavy (non-hydrogen) atoms. The second-order valence-corrected chi connectivity index (χ2v) is 6.75. The number of likely N-dealkylation sites (N-methyl/N-ethyl adjacent to an activating group) is 1. The topological polar surface area (TPSA) is 64.6 Å². The Morgan fingerprint density at radius 3 is 2.32 bits per heavy atom. The zero-order valence-corrected chi connectivity index (χ0v) is 16.4. The van der Waals surface area contributed by atoms with Gasteiger partial charge >= 0.3 is 5.97 Å². The number of carbonyl (C=O) groups is 2. The molecule has 1 aromatic rings. The van der Waals surface area contributed by atoms with Gasteiger partial charge in [-0.15, -0.1) is 0 Å². The molecule has 0 saturated carbocycles. The fourth-order valence-corrected chi connectivity index (χ4v) is 2.81. The summed E-state index contributed by atoms with van der Waals surface area (Å²) in [6.45, 7) is 6.80.